The first kappa shape index (κ1) is 24.0. The molecule has 174 valence electrons. The zero-order valence-electron chi connectivity index (χ0n) is 19.0. The topological polar surface area (TPSA) is 36.4 Å². The number of fused-ring (bicyclic) bond motifs is 1. The second kappa shape index (κ2) is 10.3. The Bertz CT molecular complexity index is 752. The summed E-state index contributed by atoms with van der Waals surface area (Å²) in [5, 5.41) is 0. The molecule has 0 aromatic carbocycles. The van der Waals surface area contributed by atoms with Gasteiger partial charge in [0.05, 0.1) is 5.56 Å². The Labute approximate surface area is 184 Å². The molecule has 3 unspecified atom stereocenters. The quantitative estimate of drug-likeness (QED) is 0.627. The van der Waals surface area contributed by atoms with E-state index in [0.29, 0.717) is 30.3 Å². The number of nitrogens with zero attached hydrogens (tertiary/aromatic N) is 3. The molecule has 3 heterocycles. The molecule has 1 saturated carbocycles. The summed E-state index contributed by atoms with van der Waals surface area (Å²) >= 11 is 0. The fraction of sp³-hybridized carbons (Fsp3) is 0.750. The molecule has 0 spiro atoms. The monoisotopic (exact) mass is 439 g/mol. The number of carbonyl (C=O) groups is 1. The Morgan fingerprint density at radius 1 is 1.19 bits per heavy atom. The van der Waals surface area contributed by atoms with E-state index in [9.17, 15) is 18.0 Å². The van der Waals surface area contributed by atoms with Crippen LogP contribution in [0.25, 0.3) is 0 Å². The van der Waals surface area contributed by atoms with Crippen LogP contribution in [0.1, 0.15) is 76.1 Å². The number of amides is 1. The van der Waals surface area contributed by atoms with Gasteiger partial charge >= 0.3 is 6.18 Å². The standard InChI is InChI=1S/C21H28F3N3O.C3H8/c1-14-3-2-7-26(12-14)18-5-4-15(10-18)20(28)27-8-6-19-16(13-27)9-17(11-25-19)21(22,23)24;1-3-2/h9,11,14-15,18H,2-8,10,12-13H2,1H3;3H2,1-2H3. The van der Waals surface area contributed by atoms with Gasteiger partial charge in [-0.15, -0.1) is 0 Å². The molecule has 4 rings (SSSR count). The van der Waals surface area contributed by atoms with Crippen LogP contribution < -0.4 is 0 Å². The maximum Gasteiger partial charge on any atom is 0.417 e. The van der Waals surface area contributed by atoms with E-state index >= 15 is 0 Å². The van der Waals surface area contributed by atoms with Crippen LogP contribution in [-0.4, -0.2) is 46.4 Å². The van der Waals surface area contributed by atoms with Crippen LogP contribution in [0.4, 0.5) is 13.2 Å². The molecule has 3 aliphatic rings. The van der Waals surface area contributed by atoms with Crippen molar-refractivity contribution in [1.29, 1.82) is 0 Å². The van der Waals surface area contributed by atoms with Gasteiger partial charge in [-0.1, -0.05) is 27.2 Å². The molecule has 4 nitrogen and oxygen atoms in total. The predicted molar refractivity (Wildman–Crippen MR) is 115 cm³/mol. The maximum absolute atomic E-state index is 13.0. The Balaban J connectivity index is 0.000000858. The van der Waals surface area contributed by atoms with Crippen molar-refractivity contribution in [3.63, 3.8) is 0 Å². The van der Waals surface area contributed by atoms with Gasteiger partial charge in [0.25, 0.3) is 0 Å². The molecule has 1 saturated heterocycles. The Morgan fingerprint density at radius 2 is 1.94 bits per heavy atom. The van der Waals surface area contributed by atoms with E-state index in [0.717, 1.165) is 50.5 Å². The minimum absolute atomic E-state index is 0.00235. The van der Waals surface area contributed by atoms with E-state index in [1.165, 1.54) is 19.3 Å². The number of alkyl halides is 3. The average Bonchev–Trinajstić information content (AvgIpc) is 3.23. The fourth-order valence-corrected chi connectivity index (χ4v) is 5.10. The van der Waals surface area contributed by atoms with Crippen LogP contribution in [0.2, 0.25) is 0 Å². The third-order valence-electron chi connectivity index (χ3n) is 6.64. The molecule has 1 amide bonds. The number of halogens is 3. The zero-order valence-corrected chi connectivity index (χ0v) is 19.0. The van der Waals surface area contributed by atoms with E-state index in [-0.39, 0.29) is 18.4 Å². The largest absolute Gasteiger partial charge is 0.417 e. The van der Waals surface area contributed by atoms with Crippen LogP contribution in [-0.2, 0) is 23.9 Å². The normalized spacial score (nSPS) is 26.8. The number of hydrogen-bond acceptors (Lipinski definition) is 3. The van der Waals surface area contributed by atoms with E-state index in [1.807, 2.05) is 0 Å². The molecule has 31 heavy (non-hydrogen) atoms. The van der Waals surface area contributed by atoms with Gasteiger partial charge in [0.2, 0.25) is 5.91 Å². The molecule has 0 radical (unpaired) electrons. The summed E-state index contributed by atoms with van der Waals surface area (Å²) in [6.07, 6.45) is 3.61. The molecule has 2 fully saturated rings. The van der Waals surface area contributed by atoms with Crippen LogP contribution in [0, 0.1) is 11.8 Å². The van der Waals surface area contributed by atoms with Crippen molar-refractivity contribution in [3.8, 4) is 0 Å². The summed E-state index contributed by atoms with van der Waals surface area (Å²) < 4.78 is 38.9. The summed E-state index contributed by atoms with van der Waals surface area (Å²) in [4.78, 5) is 21.3. The van der Waals surface area contributed by atoms with Crippen molar-refractivity contribution in [2.24, 2.45) is 11.8 Å². The first-order valence-corrected chi connectivity index (χ1v) is 11.8. The summed E-state index contributed by atoms with van der Waals surface area (Å²) in [5.74, 6) is 0.829. The summed E-state index contributed by atoms with van der Waals surface area (Å²) in [6, 6.07) is 1.64. The Morgan fingerprint density at radius 3 is 2.61 bits per heavy atom. The van der Waals surface area contributed by atoms with Crippen molar-refractivity contribution in [3.05, 3.63) is 29.1 Å². The highest BCUT2D eigenvalue weighted by Crippen LogP contribution is 2.35. The minimum atomic E-state index is -4.40. The smallest absolute Gasteiger partial charge is 0.338 e. The van der Waals surface area contributed by atoms with Crippen molar-refractivity contribution in [2.75, 3.05) is 19.6 Å². The number of carbonyl (C=O) groups excluding carboxylic acids is 1. The van der Waals surface area contributed by atoms with Gasteiger partial charge in [0.1, 0.15) is 0 Å². The first-order chi connectivity index (χ1) is 14.7. The fourth-order valence-electron chi connectivity index (χ4n) is 5.10. The van der Waals surface area contributed by atoms with Gasteiger partial charge in [-0.2, -0.15) is 13.2 Å². The summed E-state index contributed by atoms with van der Waals surface area (Å²) in [7, 11) is 0. The van der Waals surface area contributed by atoms with Gasteiger partial charge < -0.3 is 9.80 Å². The van der Waals surface area contributed by atoms with Crippen molar-refractivity contribution < 1.29 is 18.0 Å². The summed E-state index contributed by atoms with van der Waals surface area (Å²) in [6.45, 7) is 9.57. The van der Waals surface area contributed by atoms with Gasteiger partial charge in [0.15, 0.2) is 0 Å². The highest BCUT2D eigenvalue weighted by molar-refractivity contribution is 5.79. The zero-order chi connectivity index (χ0) is 22.6. The van der Waals surface area contributed by atoms with Crippen molar-refractivity contribution in [1.82, 2.24) is 14.8 Å². The average molecular weight is 440 g/mol. The maximum atomic E-state index is 13.0. The van der Waals surface area contributed by atoms with Crippen LogP contribution in [0.15, 0.2) is 12.3 Å². The second-order valence-corrected chi connectivity index (χ2v) is 9.45. The molecule has 3 atom stereocenters. The van der Waals surface area contributed by atoms with Gasteiger partial charge in [-0.05, 0) is 56.2 Å². The van der Waals surface area contributed by atoms with Gasteiger partial charge in [-0.3, -0.25) is 9.78 Å². The number of hydrogen-bond donors (Lipinski definition) is 0. The number of pyridine rings is 1. The third kappa shape index (κ3) is 5.99. The Hall–Kier alpha value is -1.63. The molecule has 7 heteroatoms. The lowest BCUT2D eigenvalue weighted by molar-refractivity contribution is -0.137. The molecule has 2 aliphatic heterocycles. The number of piperidine rings is 1. The molecule has 1 aromatic heterocycles. The van der Waals surface area contributed by atoms with E-state index in [2.05, 4.69) is 30.7 Å². The van der Waals surface area contributed by atoms with E-state index < -0.39 is 11.7 Å². The molecule has 0 bridgehead atoms. The predicted octanol–water partition coefficient (Wildman–Crippen LogP) is 5.30. The van der Waals surface area contributed by atoms with Crippen molar-refractivity contribution in [2.45, 2.75) is 84.5 Å². The third-order valence-corrected chi connectivity index (χ3v) is 6.64. The van der Waals surface area contributed by atoms with Gasteiger partial charge in [0, 0.05) is 49.9 Å². The highest BCUT2D eigenvalue weighted by Gasteiger charge is 2.38. The Kier molecular flexibility index (Phi) is 8.00. The van der Waals surface area contributed by atoms with E-state index in [4.69, 9.17) is 0 Å². The molecular formula is C24H36F3N3O. The molecule has 1 aliphatic carbocycles. The lowest BCUT2D eigenvalue weighted by atomic mass is 9.97. The minimum Gasteiger partial charge on any atom is -0.338 e. The number of aromatic nitrogens is 1. The lowest BCUT2D eigenvalue weighted by Crippen LogP contribution is -2.42. The van der Waals surface area contributed by atoms with Crippen LogP contribution in [0.5, 0.6) is 0 Å². The SMILES string of the molecule is CC1CCCN(C2CCC(C(=O)N3CCc4ncc(C(F)(F)F)cc4C3)C2)C1.CCC. The van der Waals surface area contributed by atoms with E-state index in [1.54, 1.807) is 4.90 Å². The number of likely N-dealkylation sites (tertiary alicyclic amines) is 1. The van der Waals surface area contributed by atoms with Gasteiger partial charge in [-0.25, -0.2) is 0 Å². The van der Waals surface area contributed by atoms with Crippen LogP contribution >= 0.6 is 0 Å². The lowest BCUT2D eigenvalue weighted by Gasteiger charge is -2.36. The molecular weight excluding hydrogens is 403 g/mol. The molecule has 1 aromatic rings. The second-order valence-electron chi connectivity index (χ2n) is 9.45. The first-order valence-electron chi connectivity index (χ1n) is 11.8. The van der Waals surface area contributed by atoms with Crippen molar-refractivity contribution >= 4 is 5.91 Å². The summed E-state index contributed by atoms with van der Waals surface area (Å²) in [5.41, 5.74) is 0.484. The number of rotatable bonds is 2. The highest BCUT2D eigenvalue weighted by atomic mass is 19.4. The molecule has 0 N–H and O–H groups in total. The van der Waals surface area contributed by atoms with Crippen LogP contribution in [0.3, 0.4) is 0 Å².